The molecule has 0 radical (unpaired) electrons. The highest BCUT2D eigenvalue weighted by Crippen LogP contribution is 2.23. The van der Waals surface area contributed by atoms with E-state index in [0.717, 1.165) is 13.0 Å². The summed E-state index contributed by atoms with van der Waals surface area (Å²) >= 11 is 0. The number of aliphatic hydroxyl groups is 1. The van der Waals surface area contributed by atoms with Crippen LogP contribution in [0.3, 0.4) is 0 Å². The van der Waals surface area contributed by atoms with Crippen molar-refractivity contribution < 1.29 is 14.6 Å². The van der Waals surface area contributed by atoms with Crippen LogP contribution in [0.15, 0.2) is 24.3 Å². The van der Waals surface area contributed by atoms with Crippen LogP contribution in [0, 0.1) is 0 Å². The first-order valence-corrected chi connectivity index (χ1v) is 6.61. The summed E-state index contributed by atoms with van der Waals surface area (Å²) in [6.07, 6.45) is 0.437. The number of benzene rings is 1. The third kappa shape index (κ3) is 3.94. The third-order valence-electron chi connectivity index (χ3n) is 3.08. The van der Waals surface area contributed by atoms with E-state index in [1.807, 2.05) is 36.1 Å². The van der Waals surface area contributed by atoms with E-state index in [9.17, 15) is 9.90 Å². The standard InChI is InChI=1S/C14H20N2O3/c1-2-19-13-6-4-3-5-12(13)15-14(18)10-16-8-7-11(17)9-16/h3-6,11,17H,2,7-10H2,1H3,(H,15,18). The molecule has 1 heterocycles. The predicted octanol–water partition coefficient (Wildman–Crippen LogP) is 1.09. The largest absolute Gasteiger partial charge is 0.492 e. The lowest BCUT2D eigenvalue weighted by Crippen LogP contribution is -2.32. The van der Waals surface area contributed by atoms with Crippen molar-refractivity contribution in [3.8, 4) is 5.75 Å². The molecule has 1 aliphatic rings. The fraction of sp³-hybridized carbons (Fsp3) is 0.500. The van der Waals surface area contributed by atoms with Gasteiger partial charge in [-0.2, -0.15) is 0 Å². The van der Waals surface area contributed by atoms with Gasteiger partial charge in [0, 0.05) is 13.1 Å². The number of anilines is 1. The molecule has 1 aliphatic heterocycles. The quantitative estimate of drug-likeness (QED) is 0.835. The zero-order valence-corrected chi connectivity index (χ0v) is 11.1. The highest BCUT2D eigenvalue weighted by atomic mass is 16.5. The molecule has 1 saturated heterocycles. The Morgan fingerprint density at radius 1 is 1.53 bits per heavy atom. The lowest BCUT2D eigenvalue weighted by atomic mass is 10.3. The summed E-state index contributed by atoms with van der Waals surface area (Å²) in [5.41, 5.74) is 0.689. The highest BCUT2D eigenvalue weighted by Gasteiger charge is 2.22. The van der Waals surface area contributed by atoms with Crippen molar-refractivity contribution in [3.05, 3.63) is 24.3 Å². The van der Waals surface area contributed by atoms with Crippen molar-refractivity contribution in [2.45, 2.75) is 19.4 Å². The molecule has 1 atom stereocenters. The molecule has 1 aromatic rings. The van der Waals surface area contributed by atoms with Crippen LogP contribution in [0.5, 0.6) is 5.75 Å². The maximum absolute atomic E-state index is 11.9. The molecule has 0 saturated carbocycles. The van der Waals surface area contributed by atoms with E-state index in [4.69, 9.17) is 4.74 Å². The summed E-state index contributed by atoms with van der Waals surface area (Å²) < 4.78 is 5.46. The average Bonchev–Trinajstić information content (AvgIpc) is 2.77. The number of nitrogens with zero attached hydrogens (tertiary/aromatic N) is 1. The molecule has 19 heavy (non-hydrogen) atoms. The Kier molecular flexibility index (Phi) is 4.76. The first kappa shape index (κ1) is 13.8. The SMILES string of the molecule is CCOc1ccccc1NC(=O)CN1CCC(O)C1. The van der Waals surface area contributed by atoms with Crippen LogP contribution in [-0.4, -0.2) is 48.3 Å². The number of β-amino-alcohol motifs (C(OH)–C–C–N with tert-alkyl or cyclic N) is 1. The van der Waals surface area contributed by atoms with Gasteiger partial charge in [0.2, 0.25) is 5.91 Å². The van der Waals surface area contributed by atoms with Gasteiger partial charge in [-0.1, -0.05) is 12.1 Å². The first-order chi connectivity index (χ1) is 9.19. The van der Waals surface area contributed by atoms with Crippen LogP contribution in [0.2, 0.25) is 0 Å². The Hall–Kier alpha value is -1.59. The number of nitrogens with one attached hydrogen (secondary N) is 1. The van der Waals surface area contributed by atoms with Crippen LogP contribution < -0.4 is 10.1 Å². The van der Waals surface area contributed by atoms with Gasteiger partial charge in [0.05, 0.1) is 24.9 Å². The van der Waals surface area contributed by atoms with Crippen LogP contribution in [0.4, 0.5) is 5.69 Å². The third-order valence-corrected chi connectivity index (χ3v) is 3.08. The molecule has 0 bridgehead atoms. The minimum Gasteiger partial charge on any atom is -0.492 e. The van der Waals surface area contributed by atoms with E-state index >= 15 is 0 Å². The molecule has 104 valence electrons. The van der Waals surface area contributed by atoms with Crippen molar-refractivity contribution >= 4 is 11.6 Å². The zero-order chi connectivity index (χ0) is 13.7. The molecular weight excluding hydrogens is 244 g/mol. The van der Waals surface area contributed by atoms with Gasteiger partial charge in [0.25, 0.3) is 0 Å². The average molecular weight is 264 g/mol. The number of hydrogen-bond donors (Lipinski definition) is 2. The molecule has 1 aromatic carbocycles. The van der Waals surface area contributed by atoms with E-state index in [1.54, 1.807) is 0 Å². The van der Waals surface area contributed by atoms with Crippen LogP contribution in [0.1, 0.15) is 13.3 Å². The fourth-order valence-corrected chi connectivity index (χ4v) is 2.20. The number of hydrogen-bond acceptors (Lipinski definition) is 4. The zero-order valence-electron chi connectivity index (χ0n) is 11.1. The minimum absolute atomic E-state index is 0.0822. The number of likely N-dealkylation sites (tertiary alicyclic amines) is 1. The van der Waals surface area contributed by atoms with E-state index in [-0.39, 0.29) is 12.0 Å². The van der Waals surface area contributed by atoms with Crippen LogP contribution >= 0.6 is 0 Å². The molecule has 0 aliphatic carbocycles. The van der Waals surface area contributed by atoms with E-state index < -0.39 is 0 Å². The Labute approximate surface area is 113 Å². The summed E-state index contributed by atoms with van der Waals surface area (Å²) in [5.74, 6) is 0.598. The van der Waals surface area contributed by atoms with E-state index in [0.29, 0.717) is 31.1 Å². The first-order valence-electron chi connectivity index (χ1n) is 6.61. The van der Waals surface area contributed by atoms with Crippen molar-refractivity contribution in [2.75, 3.05) is 31.6 Å². The van der Waals surface area contributed by atoms with Crippen molar-refractivity contribution in [2.24, 2.45) is 0 Å². The molecule has 2 N–H and O–H groups in total. The summed E-state index contributed by atoms with van der Waals surface area (Å²) in [7, 11) is 0. The molecule has 5 heteroatoms. The van der Waals surface area contributed by atoms with Crippen LogP contribution in [-0.2, 0) is 4.79 Å². The second-order valence-electron chi connectivity index (χ2n) is 4.65. The van der Waals surface area contributed by atoms with E-state index in [1.165, 1.54) is 0 Å². The van der Waals surface area contributed by atoms with Gasteiger partial charge in [-0.3, -0.25) is 9.69 Å². The fourth-order valence-electron chi connectivity index (χ4n) is 2.20. The molecule has 2 rings (SSSR count). The van der Waals surface area contributed by atoms with Gasteiger partial charge in [-0.25, -0.2) is 0 Å². The van der Waals surface area contributed by atoms with Gasteiger partial charge in [-0.15, -0.1) is 0 Å². The number of rotatable bonds is 5. The second-order valence-corrected chi connectivity index (χ2v) is 4.65. The second kappa shape index (κ2) is 6.54. The van der Waals surface area contributed by atoms with Gasteiger partial charge < -0.3 is 15.2 Å². The molecule has 1 fully saturated rings. The molecular formula is C14H20N2O3. The number of para-hydroxylation sites is 2. The molecule has 1 amide bonds. The van der Waals surface area contributed by atoms with Crippen molar-refractivity contribution in [1.29, 1.82) is 0 Å². The topological polar surface area (TPSA) is 61.8 Å². The van der Waals surface area contributed by atoms with Gasteiger partial charge in [0.1, 0.15) is 5.75 Å². The minimum atomic E-state index is -0.302. The smallest absolute Gasteiger partial charge is 0.238 e. The molecule has 0 spiro atoms. The van der Waals surface area contributed by atoms with Crippen molar-refractivity contribution in [3.63, 3.8) is 0 Å². The van der Waals surface area contributed by atoms with E-state index in [2.05, 4.69) is 5.32 Å². The maximum Gasteiger partial charge on any atom is 0.238 e. The summed E-state index contributed by atoms with van der Waals surface area (Å²) in [4.78, 5) is 13.9. The summed E-state index contributed by atoms with van der Waals surface area (Å²) in [6.45, 7) is 4.11. The Balaban J connectivity index is 1.91. The normalized spacial score (nSPS) is 19.4. The predicted molar refractivity (Wildman–Crippen MR) is 73.3 cm³/mol. The van der Waals surface area contributed by atoms with Crippen molar-refractivity contribution in [1.82, 2.24) is 4.90 Å². The molecule has 1 unspecified atom stereocenters. The molecule has 5 nitrogen and oxygen atoms in total. The number of carbonyl (C=O) groups is 1. The van der Waals surface area contributed by atoms with Gasteiger partial charge in [-0.05, 0) is 25.5 Å². The lowest BCUT2D eigenvalue weighted by molar-refractivity contribution is -0.117. The number of amides is 1. The maximum atomic E-state index is 11.9. The van der Waals surface area contributed by atoms with Crippen LogP contribution in [0.25, 0.3) is 0 Å². The molecule has 0 aromatic heterocycles. The number of aliphatic hydroxyl groups excluding tert-OH is 1. The number of carbonyl (C=O) groups excluding carboxylic acids is 1. The monoisotopic (exact) mass is 264 g/mol. The summed E-state index contributed by atoms with van der Waals surface area (Å²) in [5, 5.41) is 12.3. The Bertz CT molecular complexity index is 436. The Morgan fingerprint density at radius 2 is 2.32 bits per heavy atom. The van der Waals surface area contributed by atoms with Gasteiger partial charge in [0.15, 0.2) is 0 Å². The highest BCUT2D eigenvalue weighted by molar-refractivity contribution is 5.93. The van der Waals surface area contributed by atoms with Gasteiger partial charge >= 0.3 is 0 Å². The Morgan fingerprint density at radius 3 is 3.00 bits per heavy atom. The lowest BCUT2D eigenvalue weighted by Gasteiger charge is -2.16. The number of ether oxygens (including phenoxy) is 1. The summed E-state index contributed by atoms with van der Waals surface area (Å²) in [6, 6.07) is 7.38.